The fraction of sp³-hybridized carbons (Fsp3) is 0.190. The molecule has 0 unspecified atom stereocenters. The SMILES string of the molecule is COc1cc(/C=C/C(=O)OCC(=O)Nc2ccc(C)cc2Br)ccc1OCC(N)=O. The van der Waals surface area contributed by atoms with E-state index >= 15 is 0 Å². The lowest BCUT2D eigenvalue weighted by molar-refractivity contribution is -0.142. The average Bonchev–Trinajstić information content (AvgIpc) is 2.71. The lowest BCUT2D eigenvalue weighted by Gasteiger charge is -2.10. The van der Waals surface area contributed by atoms with Gasteiger partial charge in [-0.15, -0.1) is 0 Å². The van der Waals surface area contributed by atoms with Crippen LogP contribution in [0.15, 0.2) is 46.9 Å². The zero-order valence-electron chi connectivity index (χ0n) is 16.4. The summed E-state index contributed by atoms with van der Waals surface area (Å²) in [5.74, 6) is -1.03. The number of carbonyl (C=O) groups is 3. The minimum Gasteiger partial charge on any atom is -0.493 e. The second-order valence-corrected chi connectivity index (χ2v) is 6.99. The number of hydrogen-bond acceptors (Lipinski definition) is 6. The molecule has 158 valence electrons. The van der Waals surface area contributed by atoms with Crippen LogP contribution >= 0.6 is 15.9 Å². The molecular weight excluding hydrogens is 456 g/mol. The molecule has 0 aliphatic carbocycles. The second-order valence-electron chi connectivity index (χ2n) is 6.14. The van der Waals surface area contributed by atoms with Crippen molar-refractivity contribution < 1.29 is 28.6 Å². The molecule has 0 atom stereocenters. The highest BCUT2D eigenvalue weighted by atomic mass is 79.9. The van der Waals surface area contributed by atoms with Gasteiger partial charge < -0.3 is 25.3 Å². The van der Waals surface area contributed by atoms with Crippen molar-refractivity contribution in [3.8, 4) is 11.5 Å². The second kappa shape index (κ2) is 11.0. The van der Waals surface area contributed by atoms with Crippen LogP contribution in [0.4, 0.5) is 5.69 Å². The summed E-state index contributed by atoms with van der Waals surface area (Å²) >= 11 is 3.36. The van der Waals surface area contributed by atoms with Gasteiger partial charge in [-0.1, -0.05) is 12.1 Å². The number of nitrogens with one attached hydrogen (secondary N) is 1. The summed E-state index contributed by atoms with van der Waals surface area (Å²) in [5.41, 5.74) is 7.31. The van der Waals surface area contributed by atoms with E-state index in [1.165, 1.54) is 19.3 Å². The van der Waals surface area contributed by atoms with Crippen LogP contribution in [0.3, 0.4) is 0 Å². The Morgan fingerprint density at radius 3 is 2.53 bits per heavy atom. The number of rotatable bonds is 9. The Morgan fingerprint density at radius 1 is 1.10 bits per heavy atom. The molecule has 0 saturated heterocycles. The molecule has 2 aromatic carbocycles. The van der Waals surface area contributed by atoms with Gasteiger partial charge in [0.25, 0.3) is 11.8 Å². The van der Waals surface area contributed by atoms with E-state index in [1.54, 1.807) is 24.3 Å². The maximum atomic E-state index is 12.0. The van der Waals surface area contributed by atoms with Gasteiger partial charge in [-0.05, 0) is 64.3 Å². The Balaban J connectivity index is 1.89. The summed E-state index contributed by atoms with van der Waals surface area (Å²) in [5, 5.41) is 2.66. The number of amides is 2. The Kier molecular flexibility index (Phi) is 8.42. The average molecular weight is 477 g/mol. The van der Waals surface area contributed by atoms with Crippen LogP contribution in [0.2, 0.25) is 0 Å². The number of carbonyl (C=O) groups excluding carboxylic acids is 3. The Bertz CT molecular complexity index is 974. The van der Waals surface area contributed by atoms with Crippen LogP contribution in [0.1, 0.15) is 11.1 Å². The molecule has 2 amide bonds. The molecule has 0 spiro atoms. The van der Waals surface area contributed by atoms with Gasteiger partial charge in [0.15, 0.2) is 24.7 Å². The zero-order valence-corrected chi connectivity index (χ0v) is 18.0. The van der Waals surface area contributed by atoms with Crippen LogP contribution in [-0.2, 0) is 19.1 Å². The highest BCUT2D eigenvalue weighted by Crippen LogP contribution is 2.28. The first-order valence-electron chi connectivity index (χ1n) is 8.78. The fourth-order valence-corrected chi connectivity index (χ4v) is 2.91. The highest BCUT2D eigenvalue weighted by Gasteiger charge is 2.09. The van der Waals surface area contributed by atoms with Crippen molar-refractivity contribution in [2.24, 2.45) is 5.73 Å². The molecule has 0 aromatic heterocycles. The van der Waals surface area contributed by atoms with Crippen molar-refractivity contribution in [3.05, 3.63) is 58.1 Å². The van der Waals surface area contributed by atoms with E-state index in [9.17, 15) is 14.4 Å². The van der Waals surface area contributed by atoms with E-state index in [0.717, 1.165) is 10.0 Å². The van der Waals surface area contributed by atoms with Crippen LogP contribution < -0.4 is 20.5 Å². The summed E-state index contributed by atoms with van der Waals surface area (Å²) in [7, 11) is 1.44. The molecule has 0 aliphatic rings. The van der Waals surface area contributed by atoms with Gasteiger partial charge >= 0.3 is 5.97 Å². The van der Waals surface area contributed by atoms with Gasteiger partial charge in [0.2, 0.25) is 0 Å². The maximum Gasteiger partial charge on any atom is 0.331 e. The molecular formula is C21H21BrN2O6. The van der Waals surface area contributed by atoms with Crippen LogP contribution in [-0.4, -0.2) is 38.1 Å². The Labute approximate surface area is 182 Å². The summed E-state index contributed by atoms with van der Waals surface area (Å²) < 4.78 is 16.1. The largest absolute Gasteiger partial charge is 0.493 e. The molecule has 0 radical (unpaired) electrons. The predicted octanol–water partition coefficient (Wildman–Crippen LogP) is 2.83. The first-order valence-corrected chi connectivity index (χ1v) is 9.57. The van der Waals surface area contributed by atoms with E-state index < -0.39 is 24.4 Å². The summed E-state index contributed by atoms with van der Waals surface area (Å²) in [6, 6.07) is 10.3. The fourth-order valence-electron chi connectivity index (χ4n) is 2.31. The van der Waals surface area contributed by atoms with Gasteiger partial charge in [0.05, 0.1) is 12.8 Å². The number of nitrogens with two attached hydrogens (primary N) is 1. The molecule has 9 heteroatoms. The molecule has 30 heavy (non-hydrogen) atoms. The van der Waals surface area contributed by atoms with Crippen LogP contribution in [0.25, 0.3) is 6.08 Å². The molecule has 0 aliphatic heterocycles. The number of benzene rings is 2. The van der Waals surface area contributed by atoms with Crippen molar-refractivity contribution >= 4 is 45.5 Å². The van der Waals surface area contributed by atoms with Crippen molar-refractivity contribution in [2.45, 2.75) is 6.92 Å². The van der Waals surface area contributed by atoms with E-state index in [-0.39, 0.29) is 6.61 Å². The molecule has 2 rings (SSSR count). The zero-order chi connectivity index (χ0) is 22.1. The topological polar surface area (TPSA) is 117 Å². The molecule has 8 nitrogen and oxygen atoms in total. The summed E-state index contributed by atoms with van der Waals surface area (Å²) in [6.07, 6.45) is 2.69. The van der Waals surface area contributed by atoms with Crippen molar-refractivity contribution in [3.63, 3.8) is 0 Å². The maximum absolute atomic E-state index is 12.0. The standard InChI is InChI=1S/C21H21BrN2O6/c1-13-3-6-16(15(22)9-13)24-20(26)12-30-21(27)8-5-14-4-7-17(18(10-14)28-2)29-11-19(23)25/h3-10H,11-12H2,1-2H3,(H2,23,25)(H,24,26)/b8-5+. The Hall–Kier alpha value is -3.33. The molecule has 0 bridgehead atoms. The van der Waals surface area contributed by atoms with Crippen molar-refractivity contribution in [1.29, 1.82) is 0 Å². The van der Waals surface area contributed by atoms with Crippen LogP contribution in [0, 0.1) is 6.92 Å². The number of ether oxygens (including phenoxy) is 3. The molecule has 3 N–H and O–H groups in total. The van der Waals surface area contributed by atoms with E-state index in [2.05, 4.69) is 21.2 Å². The van der Waals surface area contributed by atoms with Gasteiger partial charge in [0.1, 0.15) is 0 Å². The summed E-state index contributed by atoms with van der Waals surface area (Å²) in [4.78, 5) is 34.7. The third-order valence-corrected chi connectivity index (χ3v) is 4.37. The monoisotopic (exact) mass is 476 g/mol. The minimum atomic E-state index is -0.679. The van der Waals surface area contributed by atoms with Crippen molar-refractivity contribution in [2.75, 3.05) is 25.6 Å². The first kappa shape index (κ1) is 23.0. The van der Waals surface area contributed by atoms with Crippen molar-refractivity contribution in [1.82, 2.24) is 0 Å². The number of halogens is 1. The smallest absolute Gasteiger partial charge is 0.331 e. The molecule has 0 fully saturated rings. The third-order valence-electron chi connectivity index (χ3n) is 3.71. The first-order chi connectivity index (χ1) is 14.3. The normalized spacial score (nSPS) is 10.5. The molecule has 0 heterocycles. The molecule has 0 saturated carbocycles. The molecule has 2 aromatic rings. The van der Waals surface area contributed by atoms with E-state index in [4.69, 9.17) is 19.9 Å². The minimum absolute atomic E-state index is 0.279. The van der Waals surface area contributed by atoms with Gasteiger partial charge in [0, 0.05) is 10.5 Å². The Morgan fingerprint density at radius 2 is 1.87 bits per heavy atom. The number of anilines is 1. The quantitative estimate of drug-likeness (QED) is 0.424. The van der Waals surface area contributed by atoms with Crippen LogP contribution in [0.5, 0.6) is 11.5 Å². The number of esters is 1. The van der Waals surface area contributed by atoms with Gasteiger partial charge in [-0.2, -0.15) is 0 Å². The lowest BCUT2D eigenvalue weighted by atomic mass is 10.2. The number of hydrogen-bond donors (Lipinski definition) is 2. The number of methoxy groups -OCH3 is 1. The van der Waals surface area contributed by atoms with Gasteiger partial charge in [-0.3, -0.25) is 9.59 Å². The van der Waals surface area contributed by atoms with E-state index in [1.807, 2.05) is 19.1 Å². The summed E-state index contributed by atoms with van der Waals surface area (Å²) in [6.45, 7) is 1.23. The van der Waals surface area contributed by atoms with E-state index in [0.29, 0.717) is 22.7 Å². The predicted molar refractivity (Wildman–Crippen MR) is 115 cm³/mol. The lowest BCUT2D eigenvalue weighted by Crippen LogP contribution is -2.20. The third kappa shape index (κ3) is 7.25. The number of primary amides is 1. The number of aryl methyl sites for hydroxylation is 1. The van der Waals surface area contributed by atoms with Gasteiger partial charge in [-0.25, -0.2) is 4.79 Å². The highest BCUT2D eigenvalue weighted by molar-refractivity contribution is 9.10.